The molecule has 0 unspecified atom stereocenters. The first-order valence-electron chi connectivity index (χ1n) is 6.72. The third kappa shape index (κ3) is 3.83. The summed E-state index contributed by atoms with van der Waals surface area (Å²) in [4.78, 5) is 14.8. The van der Waals surface area contributed by atoms with Crippen LogP contribution < -0.4 is 0 Å². The lowest BCUT2D eigenvalue weighted by Crippen LogP contribution is -2.39. The van der Waals surface area contributed by atoms with Crippen molar-refractivity contribution in [3.8, 4) is 11.8 Å². The lowest BCUT2D eigenvalue weighted by Gasteiger charge is -2.34. The number of amides is 1. The minimum absolute atomic E-state index is 0.00199. The second kappa shape index (κ2) is 6.89. The molecule has 1 fully saturated rings. The Morgan fingerprint density at radius 2 is 2.30 bits per heavy atom. The van der Waals surface area contributed by atoms with Gasteiger partial charge in [0.1, 0.15) is 0 Å². The van der Waals surface area contributed by atoms with Gasteiger partial charge in [-0.05, 0) is 24.8 Å². The first-order valence-corrected chi connectivity index (χ1v) is 7.60. The first-order chi connectivity index (χ1) is 9.60. The van der Waals surface area contributed by atoms with Crippen LogP contribution in [0.2, 0.25) is 0 Å². The molecule has 1 aromatic heterocycles. The van der Waals surface area contributed by atoms with Gasteiger partial charge in [-0.15, -0.1) is 11.3 Å². The number of thiophene rings is 1. The zero-order valence-corrected chi connectivity index (χ0v) is 12.3. The molecule has 20 heavy (non-hydrogen) atoms. The van der Waals surface area contributed by atoms with Crippen molar-refractivity contribution in [3.05, 3.63) is 21.9 Å². The molecule has 2 N–H and O–H groups in total. The van der Waals surface area contributed by atoms with E-state index in [1.54, 1.807) is 18.0 Å². The molecule has 0 radical (unpaired) electrons. The molecule has 2 rings (SSSR count). The van der Waals surface area contributed by atoms with Crippen molar-refractivity contribution in [2.75, 3.05) is 20.2 Å². The Morgan fingerprint density at radius 3 is 2.95 bits per heavy atom. The quantitative estimate of drug-likeness (QED) is 0.823. The van der Waals surface area contributed by atoms with Gasteiger partial charge in [0.25, 0.3) is 5.91 Å². The Bertz CT molecular complexity index is 523. The Balaban J connectivity index is 1.90. The number of aliphatic hydroxyl groups excluding tert-OH is 2. The molecule has 0 bridgehead atoms. The highest BCUT2D eigenvalue weighted by molar-refractivity contribution is 7.10. The number of hydrogen-bond acceptors (Lipinski definition) is 4. The predicted molar refractivity (Wildman–Crippen MR) is 78.6 cm³/mol. The summed E-state index contributed by atoms with van der Waals surface area (Å²) in [7, 11) is 1.79. The Labute approximate surface area is 123 Å². The maximum absolute atomic E-state index is 12.2. The molecule has 1 aliphatic rings. The summed E-state index contributed by atoms with van der Waals surface area (Å²) >= 11 is 1.44. The topological polar surface area (TPSA) is 60.8 Å². The van der Waals surface area contributed by atoms with Crippen LogP contribution in [0.1, 0.15) is 34.5 Å². The van der Waals surface area contributed by atoms with E-state index in [0.29, 0.717) is 24.4 Å². The predicted octanol–water partition coefficient (Wildman–Crippen LogP) is 1.32. The third-order valence-corrected chi connectivity index (χ3v) is 4.23. The fourth-order valence-corrected chi connectivity index (χ4v) is 3.01. The molecule has 1 aliphatic carbocycles. The zero-order valence-electron chi connectivity index (χ0n) is 11.5. The maximum atomic E-state index is 12.2. The van der Waals surface area contributed by atoms with E-state index in [-0.39, 0.29) is 18.6 Å². The minimum Gasteiger partial charge on any atom is -0.395 e. The number of carbonyl (C=O) groups is 1. The number of carbonyl (C=O) groups excluding carboxylic acids is 1. The molecule has 1 aromatic rings. The summed E-state index contributed by atoms with van der Waals surface area (Å²) in [5, 5.41) is 19.7. The standard InChI is InChI=1S/C15H19NO3S/c1-16(9-11-6-13(18)7-11)15(19)12-8-14(20-10-12)4-2-3-5-17/h8,10-11,13,17-18H,3,5-7,9H2,1H3. The maximum Gasteiger partial charge on any atom is 0.254 e. The smallest absolute Gasteiger partial charge is 0.254 e. The Hall–Kier alpha value is -1.35. The van der Waals surface area contributed by atoms with Gasteiger partial charge in [0.2, 0.25) is 0 Å². The van der Waals surface area contributed by atoms with Crippen molar-refractivity contribution in [2.45, 2.75) is 25.4 Å². The minimum atomic E-state index is -0.182. The van der Waals surface area contributed by atoms with E-state index in [4.69, 9.17) is 5.11 Å². The zero-order chi connectivity index (χ0) is 14.5. The van der Waals surface area contributed by atoms with Crippen LogP contribution in [-0.4, -0.2) is 47.3 Å². The van der Waals surface area contributed by atoms with Crippen LogP contribution in [0.4, 0.5) is 0 Å². The van der Waals surface area contributed by atoms with Crippen LogP contribution in [0.5, 0.6) is 0 Å². The molecule has 0 aromatic carbocycles. The Kier molecular flexibility index (Phi) is 5.18. The van der Waals surface area contributed by atoms with Gasteiger partial charge in [0.05, 0.1) is 23.2 Å². The first kappa shape index (κ1) is 15.0. The number of nitrogens with zero attached hydrogens (tertiary/aromatic N) is 1. The number of hydrogen-bond donors (Lipinski definition) is 2. The van der Waals surface area contributed by atoms with E-state index in [2.05, 4.69) is 11.8 Å². The molecule has 1 amide bonds. The van der Waals surface area contributed by atoms with Crippen LogP contribution in [0.3, 0.4) is 0 Å². The van der Waals surface area contributed by atoms with E-state index in [9.17, 15) is 9.90 Å². The average Bonchev–Trinajstić information content (AvgIpc) is 2.85. The molecule has 0 aliphatic heterocycles. The third-order valence-electron chi connectivity index (χ3n) is 3.38. The molecule has 108 valence electrons. The fraction of sp³-hybridized carbons (Fsp3) is 0.533. The molecule has 0 spiro atoms. The van der Waals surface area contributed by atoms with E-state index >= 15 is 0 Å². The van der Waals surface area contributed by atoms with Crippen molar-refractivity contribution in [1.29, 1.82) is 0 Å². The molecule has 0 saturated heterocycles. The van der Waals surface area contributed by atoms with Gasteiger partial charge in [-0.3, -0.25) is 4.79 Å². The molecule has 1 heterocycles. The lowest BCUT2D eigenvalue weighted by molar-refractivity contribution is 0.0265. The highest BCUT2D eigenvalue weighted by atomic mass is 32.1. The summed E-state index contributed by atoms with van der Waals surface area (Å²) in [6, 6.07) is 1.80. The van der Waals surface area contributed by atoms with Crippen LogP contribution in [0.25, 0.3) is 0 Å². The summed E-state index contributed by atoms with van der Waals surface area (Å²) in [5.74, 6) is 6.20. The van der Waals surface area contributed by atoms with E-state index in [1.165, 1.54) is 11.3 Å². The summed E-state index contributed by atoms with van der Waals surface area (Å²) in [6.07, 6.45) is 1.85. The Morgan fingerprint density at radius 1 is 1.55 bits per heavy atom. The van der Waals surface area contributed by atoms with Gasteiger partial charge >= 0.3 is 0 Å². The van der Waals surface area contributed by atoms with Crippen LogP contribution in [-0.2, 0) is 0 Å². The van der Waals surface area contributed by atoms with E-state index in [0.717, 1.165) is 17.7 Å². The average molecular weight is 293 g/mol. The van der Waals surface area contributed by atoms with Crippen molar-refractivity contribution in [1.82, 2.24) is 4.90 Å². The van der Waals surface area contributed by atoms with Gasteiger partial charge in [0.15, 0.2) is 0 Å². The fourth-order valence-electron chi connectivity index (χ4n) is 2.26. The van der Waals surface area contributed by atoms with Gasteiger partial charge in [0, 0.05) is 25.4 Å². The summed E-state index contributed by atoms with van der Waals surface area (Å²) in [6.45, 7) is 0.747. The molecule has 1 saturated carbocycles. The van der Waals surface area contributed by atoms with Crippen molar-refractivity contribution >= 4 is 17.2 Å². The van der Waals surface area contributed by atoms with Gasteiger partial charge in [-0.2, -0.15) is 0 Å². The van der Waals surface area contributed by atoms with Crippen LogP contribution >= 0.6 is 11.3 Å². The van der Waals surface area contributed by atoms with E-state index in [1.807, 2.05) is 5.38 Å². The van der Waals surface area contributed by atoms with E-state index < -0.39 is 0 Å². The molecular weight excluding hydrogens is 274 g/mol. The van der Waals surface area contributed by atoms with Gasteiger partial charge < -0.3 is 15.1 Å². The largest absolute Gasteiger partial charge is 0.395 e. The molecule has 5 heteroatoms. The SMILES string of the molecule is CN(CC1CC(O)C1)C(=O)c1csc(C#CCCO)c1. The lowest BCUT2D eigenvalue weighted by atomic mass is 9.82. The second-order valence-electron chi connectivity index (χ2n) is 5.15. The van der Waals surface area contributed by atoms with Gasteiger partial charge in [-0.1, -0.05) is 11.8 Å². The number of rotatable bonds is 4. The van der Waals surface area contributed by atoms with Gasteiger partial charge in [-0.25, -0.2) is 0 Å². The van der Waals surface area contributed by atoms with Crippen molar-refractivity contribution in [3.63, 3.8) is 0 Å². The van der Waals surface area contributed by atoms with Crippen LogP contribution in [0.15, 0.2) is 11.4 Å². The summed E-state index contributed by atoms with van der Waals surface area (Å²) in [5.41, 5.74) is 0.658. The molecular formula is C15H19NO3S. The normalized spacial score (nSPS) is 20.8. The molecule has 0 atom stereocenters. The molecule has 4 nitrogen and oxygen atoms in total. The number of aliphatic hydroxyl groups is 2. The highest BCUT2D eigenvalue weighted by Crippen LogP contribution is 2.28. The monoisotopic (exact) mass is 293 g/mol. The van der Waals surface area contributed by atoms with Crippen molar-refractivity contribution in [2.24, 2.45) is 5.92 Å². The van der Waals surface area contributed by atoms with Crippen LogP contribution in [0, 0.1) is 17.8 Å². The highest BCUT2D eigenvalue weighted by Gasteiger charge is 2.29. The summed E-state index contributed by atoms with van der Waals surface area (Å²) < 4.78 is 0. The van der Waals surface area contributed by atoms with Crippen molar-refractivity contribution < 1.29 is 15.0 Å². The second-order valence-corrected chi connectivity index (χ2v) is 6.06.